The maximum absolute atomic E-state index is 13.1. The summed E-state index contributed by atoms with van der Waals surface area (Å²) in [6, 6.07) is 11.3. The second-order valence-corrected chi connectivity index (χ2v) is 7.42. The van der Waals surface area contributed by atoms with Gasteiger partial charge >= 0.3 is 12.1 Å². The Bertz CT molecular complexity index is 1030. The molecule has 0 fully saturated rings. The van der Waals surface area contributed by atoms with Crippen molar-refractivity contribution >= 4 is 16.9 Å². The van der Waals surface area contributed by atoms with Crippen molar-refractivity contribution < 1.29 is 22.7 Å². The number of halogens is 3. The molecule has 0 bridgehead atoms. The Morgan fingerprint density at radius 2 is 1.75 bits per heavy atom. The Balaban J connectivity index is 2.05. The van der Waals surface area contributed by atoms with Crippen LogP contribution in [0.1, 0.15) is 37.5 Å². The molecule has 0 saturated carbocycles. The van der Waals surface area contributed by atoms with E-state index in [0.717, 1.165) is 28.6 Å². The average molecular weight is 389 g/mol. The number of benzene rings is 2. The van der Waals surface area contributed by atoms with Gasteiger partial charge in [0.15, 0.2) is 0 Å². The highest BCUT2D eigenvalue weighted by molar-refractivity contribution is 5.89. The minimum atomic E-state index is -4.40. The van der Waals surface area contributed by atoms with Gasteiger partial charge in [-0.2, -0.15) is 13.2 Å². The van der Waals surface area contributed by atoms with Crippen LogP contribution in [0, 0.1) is 6.92 Å². The summed E-state index contributed by atoms with van der Waals surface area (Å²) < 4.78 is 44.6. The maximum atomic E-state index is 13.1. The zero-order valence-corrected chi connectivity index (χ0v) is 16.2. The predicted molar refractivity (Wildman–Crippen MR) is 103 cm³/mol. The van der Waals surface area contributed by atoms with E-state index in [1.165, 1.54) is 0 Å². The molecule has 0 aliphatic rings. The van der Waals surface area contributed by atoms with Gasteiger partial charge in [-0.3, -0.25) is 4.79 Å². The van der Waals surface area contributed by atoms with Gasteiger partial charge in [-0.25, -0.2) is 0 Å². The maximum Gasteiger partial charge on any atom is 0.416 e. The number of aryl methyl sites for hydroxylation is 1. The number of H-pyrrole nitrogens is 1. The number of carbonyl (C=O) groups is 1. The first-order chi connectivity index (χ1) is 13.0. The van der Waals surface area contributed by atoms with Crippen LogP contribution < -0.4 is 0 Å². The van der Waals surface area contributed by atoms with Gasteiger partial charge in [0.1, 0.15) is 0 Å². The first-order valence-electron chi connectivity index (χ1n) is 9.02. The molecule has 3 aromatic rings. The fourth-order valence-corrected chi connectivity index (χ4v) is 3.21. The van der Waals surface area contributed by atoms with Crippen molar-refractivity contribution in [2.75, 3.05) is 6.61 Å². The molecule has 0 atom stereocenters. The Hall–Kier alpha value is -2.76. The number of fused-ring (bicyclic) bond motifs is 1. The summed E-state index contributed by atoms with van der Waals surface area (Å²) in [6.45, 7) is 7.27. The summed E-state index contributed by atoms with van der Waals surface area (Å²) in [7, 11) is 0. The van der Waals surface area contributed by atoms with Crippen molar-refractivity contribution in [1.82, 2.24) is 4.98 Å². The van der Waals surface area contributed by atoms with E-state index in [0.29, 0.717) is 23.4 Å². The SMILES string of the molecule is CCOC(=O)C(C)(C)c1ccc2[nH]c(-c3cc(C)cc(C(F)(F)F)c3)cc2c1. The molecule has 0 aliphatic heterocycles. The monoisotopic (exact) mass is 389 g/mol. The van der Waals surface area contributed by atoms with Crippen molar-refractivity contribution in [3.63, 3.8) is 0 Å². The van der Waals surface area contributed by atoms with Gasteiger partial charge in [-0.1, -0.05) is 6.07 Å². The van der Waals surface area contributed by atoms with E-state index < -0.39 is 17.2 Å². The van der Waals surface area contributed by atoms with Crippen LogP contribution in [-0.2, 0) is 21.1 Å². The molecule has 1 aromatic heterocycles. The highest BCUT2D eigenvalue weighted by Gasteiger charge is 2.32. The molecule has 28 heavy (non-hydrogen) atoms. The van der Waals surface area contributed by atoms with Crippen LogP contribution in [0.4, 0.5) is 13.2 Å². The second kappa shape index (κ2) is 7.00. The number of nitrogens with one attached hydrogen (secondary N) is 1. The minimum Gasteiger partial charge on any atom is -0.465 e. The molecule has 0 saturated heterocycles. The zero-order chi connectivity index (χ0) is 20.7. The number of aromatic amines is 1. The highest BCUT2D eigenvalue weighted by atomic mass is 19.4. The molecular weight excluding hydrogens is 367 g/mol. The van der Waals surface area contributed by atoms with E-state index in [-0.39, 0.29) is 5.97 Å². The molecule has 0 radical (unpaired) electrons. The lowest BCUT2D eigenvalue weighted by molar-refractivity contribution is -0.148. The van der Waals surface area contributed by atoms with Crippen LogP contribution in [0.25, 0.3) is 22.2 Å². The Morgan fingerprint density at radius 1 is 1.04 bits per heavy atom. The van der Waals surface area contributed by atoms with Crippen molar-refractivity contribution in [1.29, 1.82) is 0 Å². The smallest absolute Gasteiger partial charge is 0.416 e. The fraction of sp³-hybridized carbons (Fsp3) is 0.318. The van der Waals surface area contributed by atoms with E-state index in [2.05, 4.69) is 4.98 Å². The van der Waals surface area contributed by atoms with Gasteiger partial charge in [0.05, 0.1) is 17.6 Å². The number of alkyl halides is 3. The number of rotatable bonds is 4. The first kappa shape index (κ1) is 20.0. The van der Waals surface area contributed by atoms with Gasteiger partial charge in [0, 0.05) is 16.6 Å². The minimum absolute atomic E-state index is 0.299. The van der Waals surface area contributed by atoms with Crippen LogP contribution >= 0.6 is 0 Å². The Morgan fingerprint density at radius 3 is 2.39 bits per heavy atom. The molecule has 3 rings (SSSR count). The van der Waals surface area contributed by atoms with E-state index in [9.17, 15) is 18.0 Å². The van der Waals surface area contributed by atoms with E-state index in [4.69, 9.17) is 4.74 Å². The molecule has 0 spiro atoms. The summed E-state index contributed by atoms with van der Waals surface area (Å²) in [5.41, 5.74) is 1.66. The molecule has 1 heterocycles. The van der Waals surface area contributed by atoms with Crippen molar-refractivity contribution in [2.45, 2.75) is 39.3 Å². The molecular formula is C22H22F3NO2. The lowest BCUT2D eigenvalue weighted by atomic mass is 9.84. The van der Waals surface area contributed by atoms with Crippen LogP contribution in [0.5, 0.6) is 0 Å². The van der Waals surface area contributed by atoms with Gasteiger partial charge < -0.3 is 9.72 Å². The second-order valence-electron chi connectivity index (χ2n) is 7.42. The zero-order valence-electron chi connectivity index (χ0n) is 16.2. The number of hydrogen-bond donors (Lipinski definition) is 1. The molecule has 0 aliphatic carbocycles. The fourth-order valence-electron chi connectivity index (χ4n) is 3.21. The van der Waals surface area contributed by atoms with E-state index in [1.54, 1.807) is 39.8 Å². The van der Waals surface area contributed by atoms with Crippen LogP contribution in [0.2, 0.25) is 0 Å². The van der Waals surface area contributed by atoms with Crippen LogP contribution in [-0.4, -0.2) is 17.6 Å². The largest absolute Gasteiger partial charge is 0.465 e. The Labute approximate surface area is 161 Å². The topological polar surface area (TPSA) is 42.1 Å². The molecule has 0 unspecified atom stereocenters. The lowest BCUT2D eigenvalue weighted by Crippen LogP contribution is -2.31. The van der Waals surface area contributed by atoms with Crippen molar-refractivity contribution in [3.8, 4) is 11.3 Å². The predicted octanol–water partition coefficient (Wildman–Crippen LogP) is 6.00. The van der Waals surface area contributed by atoms with E-state index in [1.807, 2.05) is 18.2 Å². The standard InChI is InChI=1S/C22H22F3NO2/c1-5-28-20(27)21(3,4)16-6-7-18-15(10-16)12-19(26-18)14-8-13(2)9-17(11-14)22(23,24)25/h6-12,26H,5H2,1-4H3. The molecule has 1 N–H and O–H groups in total. The first-order valence-corrected chi connectivity index (χ1v) is 9.02. The van der Waals surface area contributed by atoms with Crippen LogP contribution in [0.3, 0.4) is 0 Å². The number of hydrogen-bond acceptors (Lipinski definition) is 2. The summed E-state index contributed by atoms with van der Waals surface area (Å²) in [4.78, 5) is 15.4. The summed E-state index contributed by atoms with van der Waals surface area (Å²) in [5, 5.41) is 0.819. The van der Waals surface area contributed by atoms with Crippen molar-refractivity contribution in [2.24, 2.45) is 0 Å². The average Bonchev–Trinajstić information content (AvgIpc) is 3.04. The summed E-state index contributed by atoms with van der Waals surface area (Å²) in [6.07, 6.45) is -4.40. The summed E-state index contributed by atoms with van der Waals surface area (Å²) >= 11 is 0. The molecule has 0 amide bonds. The van der Waals surface area contributed by atoms with Gasteiger partial charge in [-0.05, 0) is 80.8 Å². The highest BCUT2D eigenvalue weighted by Crippen LogP contribution is 2.35. The molecule has 148 valence electrons. The lowest BCUT2D eigenvalue weighted by Gasteiger charge is -2.22. The van der Waals surface area contributed by atoms with E-state index >= 15 is 0 Å². The van der Waals surface area contributed by atoms with Gasteiger partial charge in [0.25, 0.3) is 0 Å². The number of carbonyl (C=O) groups excluding carboxylic acids is 1. The molecule has 6 heteroatoms. The number of aromatic nitrogens is 1. The van der Waals surface area contributed by atoms with Crippen LogP contribution in [0.15, 0.2) is 42.5 Å². The summed E-state index contributed by atoms with van der Waals surface area (Å²) in [5.74, 6) is -0.321. The quantitative estimate of drug-likeness (QED) is 0.556. The third kappa shape index (κ3) is 3.77. The third-order valence-corrected chi connectivity index (χ3v) is 4.84. The number of ether oxygens (including phenoxy) is 1. The third-order valence-electron chi connectivity index (χ3n) is 4.84. The number of esters is 1. The van der Waals surface area contributed by atoms with Crippen molar-refractivity contribution in [3.05, 3.63) is 59.2 Å². The molecule has 2 aromatic carbocycles. The molecule has 3 nitrogen and oxygen atoms in total. The normalized spacial score (nSPS) is 12.4. The van der Waals surface area contributed by atoms with Gasteiger partial charge in [0.2, 0.25) is 0 Å². The van der Waals surface area contributed by atoms with Gasteiger partial charge in [-0.15, -0.1) is 0 Å². The Kier molecular flexibility index (Phi) is 5.00.